The van der Waals surface area contributed by atoms with Crippen molar-refractivity contribution in [3.63, 3.8) is 0 Å². The molecular weight excluding hydrogens is 264 g/mol. The van der Waals surface area contributed by atoms with Crippen LogP contribution in [-0.4, -0.2) is 31.7 Å². The van der Waals surface area contributed by atoms with Crippen LogP contribution in [-0.2, 0) is 9.53 Å². The minimum atomic E-state index is -0.212. The van der Waals surface area contributed by atoms with Crippen LogP contribution in [0.15, 0.2) is 24.3 Å². The van der Waals surface area contributed by atoms with Gasteiger partial charge in [0, 0.05) is 18.9 Å². The first-order valence-corrected chi connectivity index (χ1v) is 7.67. The summed E-state index contributed by atoms with van der Waals surface area (Å²) in [4.78, 5) is 12.0. The van der Waals surface area contributed by atoms with Crippen LogP contribution in [0, 0.1) is 12.8 Å². The molecule has 0 spiro atoms. The molecule has 1 amide bonds. The normalized spacial score (nSPS) is 12.4. The maximum atomic E-state index is 12.0. The number of hydrogen-bond donors (Lipinski definition) is 2. The lowest BCUT2D eigenvalue weighted by atomic mass is 10.2. The zero-order valence-corrected chi connectivity index (χ0v) is 13.6. The average molecular weight is 292 g/mol. The fraction of sp³-hybridized carbons (Fsp3) is 0.588. The molecule has 1 atom stereocenters. The van der Waals surface area contributed by atoms with Gasteiger partial charge in [0.2, 0.25) is 5.91 Å². The molecule has 0 aliphatic carbocycles. The molecule has 0 radical (unpaired) electrons. The second-order valence-corrected chi connectivity index (χ2v) is 5.85. The Morgan fingerprint density at radius 2 is 1.86 bits per heavy atom. The van der Waals surface area contributed by atoms with E-state index < -0.39 is 0 Å². The van der Waals surface area contributed by atoms with E-state index in [0.29, 0.717) is 5.92 Å². The molecule has 1 aromatic rings. The molecule has 4 heteroatoms. The summed E-state index contributed by atoms with van der Waals surface area (Å²) in [5, 5.41) is 6.11. The summed E-state index contributed by atoms with van der Waals surface area (Å²) < 4.78 is 5.50. The first kappa shape index (κ1) is 17.7. The van der Waals surface area contributed by atoms with Gasteiger partial charge in [-0.25, -0.2) is 0 Å². The highest BCUT2D eigenvalue weighted by atomic mass is 16.5. The predicted molar refractivity (Wildman–Crippen MR) is 87.5 cm³/mol. The highest BCUT2D eigenvalue weighted by Crippen LogP contribution is 2.08. The number of carbonyl (C=O) groups excluding carboxylic acids is 1. The van der Waals surface area contributed by atoms with Gasteiger partial charge in [-0.3, -0.25) is 4.79 Å². The van der Waals surface area contributed by atoms with Gasteiger partial charge < -0.3 is 15.4 Å². The molecule has 0 saturated heterocycles. The molecule has 0 saturated carbocycles. The van der Waals surface area contributed by atoms with E-state index in [-0.39, 0.29) is 11.9 Å². The van der Waals surface area contributed by atoms with Crippen LogP contribution >= 0.6 is 0 Å². The van der Waals surface area contributed by atoms with Crippen LogP contribution in [0.25, 0.3) is 0 Å². The number of hydrogen-bond acceptors (Lipinski definition) is 3. The summed E-state index contributed by atoms with van der Waals surface area (Å²) in [6, 6.07) is 7.59. The lowest BCUT2D eigenvalue weighted by Gasteiger charge is -2.14. The fourth-order valence-electron chi connectivity index (χ4n) is 1.79. The minimum absolute atomic E-state index is 0.0121. The molecule has 0 aliphatic heterocycles. The summed E-state index contributed by atoms with van der Waals surface area (Å²) >= 11 is 0. The van der Waals surface area contributed by atoms with Crippen molar-refractivity contribution in [3.05, 3.63) is 29.8 Å². The lowest BCUT2D eigenvalue weighted by Crippen LogP contribution is -2.38. The Morgan fingerprint density at radius 1 is 1.19 bits per heavy atom. The smallest absolute Gasteiger partial charge is 0.241 e. The Kier molecular flexibility index (Phi) is 8.01. The molecule has 1 unspecified atom stereocenters. The van der Waals surface area contributed by atoms with Crippen molar-refractivity contribution in [3.8, 4) is 0 Å². The number of benzene rings is 1. The zero-order valence-electron chi connectivity index (χ0n) is 13.6. The van der Waals surface area contributed by atoms with Crippen molar-refractivity contribution < 1.29 is 9.53 Å². The predicted octanol–water partition coefficient (Wildman–Crippen LogP) is 2.97. The number of ether oxygens (including phenoxy) is 1. The third-order valence-electron chi connectivity index (χ3n) is 3.08. The quantitative estimate of drug-likeness (QED) is 0.688. The van der Waals surface area contributed by atoms with E-state index in [1.54, 1.807) is 0 Å². The SMILES string of the molecule is Cc1ccc(NC(=O)C(C)NCCCOCC(C)C)cc1. The van der Waals surface area contributed by atoms with Gasteiger partial charge in [-0.15, -0.1) is 0 Å². The van der Waals surface area contributed by atoms with Gasteiger partial charge in [0.1, 0.15) is 0 Å². The topological polar surface area (TPSA) is 50.4 Å². The molecule has 118 valence electrons. The van der Waals surface area contributed by atoms with Gasteiger partial charge in [-0.1, -0.05) is 31.5 Å². The number of anilines is 1. The Hall–Kier alpha value is -1.39. The summed E-state index contributed by atoms with van der Waals surface area (Å²) in [7, 11) is 0. The summed E-state index contributed by atoms with van der Waals surface area (Å²) in [5.74, 6) is 0.555. The van der Waals surface area contributed by atoms with Gasteiger partial charge in [0.05, 0.1) is 6.04 Å². The number of aryl methyl sites for hydroxylation is 1. The van der Waals surface area contributed by atoms with Crippen LogP contribution < -0.4 is 10.6 Å². The molecule has 4 nitrogen and oxygen atoms in total. The Labute approximate surface area is 128 Å². The summed E-state index contributed by atoms with van der Waals surface area (Å²) in [6.45, 7) is 10.5. The van der Waals surface area contributed by atoms with Crippen molar-refractivity contribution in [1.29, 1.82) is 0 Å². The van der Waals surface area contributed by atoms with Gasteiger partial charge in [-0.2, -0.15) is 0 Å². The van der Waals surface area contributed by atoms with Crippen molar-refractivity contribution >= 4 is 11.6 Å². The van der Waals surface area contributed by atoms with E-state index >= 15 is 0 Å². The first-order valence-electron chi connectivity index (χ1n) is 7.67. The molecule has 1 aromatic carbocycles. The highest BCUT2D eigenvalue weighted by Gasteiger charge is 2.11. The van der Waals surface area contributed by atoms with Gasteiger partial charge in [-0.05, 0) is 44.9 Å². The standard InChI is InChI=1S/C17H28N2O2/c1-13(2)12-21-11-5-10-18-15(4)17(20)19-16-8-6-14(3)7-9-16/h6-9,13,15,18H,5,10-12H2,1-4H3,(H,19,20). The summed E-state index contributed by atoms with van der Waals surface area (Å²) in [6.07, 6.45) is 0.912. The average Bonchev–Trinajstić information content (AvgIpc) is 2.44. The van der Waals surface area contributed by atoms with Crippen LogP contribution in [0.4, 0.5) is 5.69 Å². The fourth-order valence-corrected chi connectivity index (χ4v) is 1.79. The van der Waals surface area contributed by atoms with Crippen molar-refractivity contribution in [2.24, 2.45) is 5.92 Å². The van der Waals surface area contributed by atoms with Crippen molar-refractivity contribution in [2.75, 3.05) is 25.1 Å². The Balaban J connectivity index is 2.18. The largest absolute Gasteiger partial charge is 0.381 e. The molecule has 0 aliphatic rings. The van der Waals surface area contributed by atoms with Crippen molar-refractivity contribution in [1.82, 2.24) is 5.32 Å². The van der Waals surface area contributed by atoms with Crippen LogP contribution in [0.5, 0.6) is 0 Å². The molecule has 0 bridgehead atoms. The Morgan fingerprint density at radius 3 is 2.48 bits per heavy atom. The van der Waals surface area contributed by atoms with Crippen LogP contribution in [0.3, 0.4) is 0 Å². The van der Waals surface area contributed by atoms with E-state index in [1.807, 2.05) is 38.1 Å². The monoisotopic (exact) mass is 292 g/mol. The molecule has 0 fully saturated rings. The van der Waals surface area contributed by atoms with Crippen LogP contribution in [0.1, 0.15) is 32.8 Å². The van der Waals surface area contributed by atoms with E-state index in [1.165, 1.54) is 5.56 Å². The third-order valence-corrected chi connectivity index (χ3v) is 3.08. The molecule has 21 heavy (non-hydrogen) atoms. The number of rotatable bonds is 9. The number of nitrogens with one attached hydrogen (secondary N) is 2. The second-order valence-electron chi connectivity index (χ2n) is 5.85. The third kappa shape index (κ3) is 7.83. The maximum absolute atomic E-state index is 12.0. The Bertz CT molecular complexity index is 415. The maximum Gasteiger partial charge on any atom is 0.241 e. The highest BCUT2D eigenvalue weighted by molar-refractivity contribution is 5.94. The van der Waals surface area contributed by atoms with Gasteiger partial charge in [0.25, 0.3) is 0 Å². The molecule has 2 N–H and O–H groups in total. The van der Waals surface area contributed by atoms with E-state index in [0.717, 1.165) is 31.9 Å². The molecule has 0 aromatic heterocycles. The van der Waals surface area contributed by atoms with Gasteiger partial charge >= 0.3 is 0 Å². The van der Waals surface area contributed by atoms with E-state index in [9.17, 15) is 4.79 Å². The van der Waals surface area contributed by atoms with E-state index in [4.69, 9.17) is 4.74 Å². The van der Waals surface area contributed by atoms with Crippen molar-refractivity contribution in [2.45, 2.75) is 40.2 Å². The van der Waals surface area contributed by atoms with E-state index in [2.05, 4.69) is 24.5 Å². The molecule has 0 heterocycles. The second kappa shape index (κ2) is 9.53. The summed E-state index contributed by atoms with van der Waals surface area (Å²) in [5.41, 5.74) is 2.01. The van der Waals surface area contributed by atoms with Crippen LogP contribution in [0.2, 0.25) is 0 Å². The first-order chi connectivity index (χ1) is 9.99. The molecular formula is C17H28N2O2. The molecule has 1 rings (SSSR count). The van der Waals surface area contributed by atoms with Gasteiger partial charge in [0.15, 0.2) is 0 Å². The minimum Gasteiger partial charge on any atom is -0.381 e. The lowest BCUT2D eigenvalue weighted by molar-refractivity contribution is -0.117. The number of amides is 1. The number of carbonyl (C=O) groups is 1. The zero-order chi connectivity index (χ0) is 15.7.